The van der Waals surface area contributed by atoms with Gasteiger partial charge in [0.25, 0.3) is 0 Å². The molecular weight excluding hydrogens is 206 g/mol. The second-order valence-electron chi connectivity index (χ2n) is 3.76. The Morgan fingerprint density at radius 1 is 1.31 bits per heavy atom. The molecular formula is C10H13N5O. The first-order valence-electron chi connectivity index (χ1n) is 5.27. The van der Waals surface area contributed by atoms with E-state index in [1.807, 2.05) is 18.3 Å². The van der Waals surface area contributed by atoms with Crippen molar-refractivity contribution in [1.82, 2.24) is 14.6 Å². The smallest absolute Gasteiger partial charge is 0.240 e. The molecule has 0 radical (unpaired) electrons. The van der Waals surface area contributed by atoms with Crippen LogP contribution in [-0.2, 0) is 4.74 Å². The minimum atomic E-state index is 0.305. The number of morpholine rings is 1. The van der Waals surface area contributed by atoms with E-state index in [1.165, 1.54) is 0 Å². The topological polar surface area (TPSA) is 68.7 Å². The van der Waals surface area contributed by atoms with Crippen molar-refractivity contribution in [2.24, 2.45) is 0 Å². The van der Waals surface area contributed by atoms with Crippen LogP contribution < -0.4 is 10.6 Å². The van der Waals surface area contributed by atoms with Crippen LogP contribution in [0.1, 0.15) is 0 Å². The van der Waals surface area contributed by atoms with Crippen molar-refractivity contribution >= 4 is 17.3 Å². The number of fused-ring (bicyclic) bond motifs is 1. The Kier molecular flexibility index (Phi) is 2.14. The van der Waals surface area contributed by atoms with Crippen LogP contribution >= 0.6 is 0 Å². The molecule has 0 atom stereocenters. The molecule has 0 saturated carbocycles. The first-order valence-corrected chi connectivity index (χ1v) is 5.27. The summed E-state index contributed by atoms with van der Waals surface area (Å²) in [6.07, 6.45) is 1.88. The Morgan fingerprint density at radius 2 is 2.12 bits per heavy atom. The quantitative estimate of drug-likeness (QED) is 0.739. The van der Waals surface area contributed by atoms with Gasteiger partial charge in [0.15, 0.2) is 5.65 Å². The molecule has 0 bridgehead atoms. The van der Waals surface area contributed by atoms with Gasteiger partial charge in [-0.15, -0.1) is 5.10 Å². The van der Waals surface area contributed by atoms with Crippen LogP contribution in [0.15, 0.2) is 18.3 Å². The molecule has 3 heterocycles. The van der Waals surface area contributed by atoms with Crippen LogP contribution in [0.4, 0.5) is 11.6 Å². The van der Waals surface area contributed by atoms with Gasteiger partial charge in [-0.1, -0.05) is 0 Å². The van der Waals surface area contributed by atoms with E-state index in [0.717, 1.165) is 37.6 Å². The lowest BCUT2D eigenvalue weighted by molar-refractivity contribution is 0.122. The van der Waals surface area contributed by atoms with Crippen LogP contribution in [0.5, 0.6) is 0 Å². The molecule has 1 aliphatic heterocycles. The number of aromatic nitrogens is 3. The molecule has 0 aliphatic carbocycles. The molecule has 0 spiro atoms. The zero-order chi connectivity index (χ0) is 11.0. The highest BCUT2D eigenvalue weighted by Gasteiger charge is 2.12. The lowest BCUT2D eigenvalue weighted by atomic mass is 10.3. The molecule has 2 aromatic heterocycles. The third kappa shape index (κ3) is 1.57. The van der Waals surface area contributed by atoms with E-state index >= 15 is 0 Å². The van der Waals surface area contributed by atoms with Crippen molar-refractivity contribution in [3.8, 4) is 0 Å². The maximum Gasteiger partial charge on any atom is 0.240 e. The summed E-state index contributed by atoms with van der Waals surface area (Å²) in [4.78, 5) is 6.41. The monoisotopic (exact) mass is 219 g/mol. The average Bonchev–Trinajstić information content (AvgIpc) is 2.69. The van der Waals surface area contributed by atoms with E-state index < -0.39 is 0 Å². The molecule has 2 N–H and O–H groups in total. The van der Waals surface area contributed by atoms with Gasteiger partial charge in [-0.3, -0.25) is 0 Å². The number of rotatable bonds is 1. The van der Waals surface area contributed by atoms with Crippen LogP contribution in [0, 0.1) is 0 Å². The summed E-state index contributed by atoms with van der Waals surface area (Å²) in [5.41, 5.74) is 7.46. The Balaban J connectivity index is 1.97. The van der Waals surface area contributed by atoms with E-state index in [1.54, 1.807) is 4.52 Å². The summed E-state index contributed by atoms with van der Waals surface area (Å²) in [5.74, 6) is 0.305. The number of nitrogens with zero attached hydrogens (tertiary/aromatic N) is 4. The van der Waals surface area contributed by atoms with Gasteiger partial charge in [-0.25, -0.2) is 4.52 Å². The molecule has 2 aromatic rings. The highest BCUT2D eigenvalue weighted by atomic mass is 16.5. The molecule has 3 rings (SSSR count). The van der Waals surface area contributed by atoms with Gasteiger partial charge in [0.1, 0.15) is 0 Å². The highest BCUT2D eigenvalue weighted by Crippen LogP contribution is 2.17. The molecule has 0 unspecified atom stereocenters. The van der Waals surface area contributed by atoms with Crippen molar-refractivity contribution in [2.45, 2.75) is 0 Å². The number of hydrogen-bond acceptors (Lipinski definition) is 5. The summed E-state index contributed by atoms with van der Waals surface area (Å²) in [6.45, 7) is 3.39. The molecule has 1 fully saturated rings. The van der Waals surface area contributed by atoms with Gasteiger partial charge in [0, 0.05) is 31.0 Å². The third-order valence-corrected chi connectivity index (χ3v) is 2.71. The number of nitrogens with two attached hydrogens (primary N) is 1. The number of pyridine rings is 1. The molecule has 1 aliphatic rings. The molecule has 0 aromatic carbocycles. The Morgan fingerprint density at radius 3 is 2.94 bits per heavy atom. The number of anilines is 2. The van der Waals surface area contributed by atoms with Crippen molar-refractivity contribution in [3.05, 3.63) is 18.3 Å². The van der Waals surface area contributed by atoms with Gasteiger partial charge in [-0.05, 0) is 6.07 Å². The summed E-state index contributed by atoms with van der Waals surface area (Å²) >= 11 is 0. The molecule has 6 nitrogen and oxygen atoms in total. The molecule has 6 heteroatoms. The number of ether oxygens (including phenoxy) is 1. The SMILES string of the molecule is Nc1nc2cc(N3CCOCC3)ccn2n1. The number of nitrogen functional groups attached to an aromatic ring is 1. The van der Waals surface area contributed by atoms with Crippen LogP contribution in [0.2, 0.25) is 0 Å². The maximum atomic E-state index is 5.54. The Bertz CT molecular complexity index is 503. The summed E-state index contributed by atoms with van der Waals surface area (Å²) in [6, 6.07) is 4.02. The van der Waals surface area contributed by atoms with E-state index in [2.05, 4.69) is 15.0 Å². The van der Waals surface area contributed by atoms with Gasteiger partial charge < -0.3 is 15.4 Å². The predicted molar refractivity (Wildman–Crippen MR) is 60.4 cm³/mol. The standard InChI is InChI=1S/C10H13N5O/c11-10-12-9-7-8(1-2-15(9)13-10)14-3-5-16-6-4-14/h1-2,7H,3-6H2,(H2,11,13). The minimum absolute atomic E-state index is 0.305. The van der Waals surface area contributed by atoms with Crippen LogP contribution in [0.25, 0.3) is 5.65 Å². The van der Waals surface area contributed by atoms with Crippen molar-refractivity contribution in [1.29, 1.82) is 0 Å². The molecule has 84 valence electrons. The van der Waals surface area contributed by atoms with E-state index in [0.29, 0.717) is 5.95 Å². The van der Waals surface area contributed by atoms with E-state index in [9.17, 15) is 0 Å². The summed E-state index contributed by atoms with van der Waals surface area (Å²) < 4.78 is 7.00. The zero-order valence-electron chi connectivity index (χ0n) is 8.83. The Labute approximate surface area is 92.6 Å². The maximum absolute atomic E-state index is 5.54. The van der Waals surface area contributed by atoms with Gasteiger partial charge >= 0.3 is 0 Å². The van der Waals surface area contributed by atoms with Crippen LogP contribution in [-0.4, -0.2) is 40.9 Å². The predicted octanol–water partition coefficient (Wildman–Crippen LogP) is 0.148. The van der Waals surface area contributed by atoms with Gasteiger partial charge in [-0.2, -0.15) is 4.98 Å². The molecule has 16 heavy (non-hydrogen) atoms. The third-order valence-electron chi connectivity index (χ3n) is 2.71. The number of hydrogen-bond donors (Lipinski definition) is 1. The second-order valence-corrected chi connectivity index (χ2v) is 3.76. The lowest BCUT2D eigenvalue weighted by Crippen LogP contribution is -2.36. The zero-order valence-corrected chi connectivity index (χ0v) is 8.83. The van der Waals surface area contributed by atoms with Crippen molar-refractivity contribution in [3.63, 3.8) is 0 Å². The lowest BCUT2D eigenvalue weighted by Gasteiger charge is -2.28. The highest BCUT2D eigenvalue weighted by molar-refractivity contribution is 5.57. The Hall–Kier alpha value is -1.82. The van der Waals surface area contributed by atoms with Crippen molar-refractivity contribution < 1.29 is 4.74 Å². The summed E-state index contributed by atoms with van der Waals surface area (Å²) in [7, 11) is 0. The molecule has 0 amide bonds. The van der Waals surface area contributed by atoms with E-state index in [4.69, 9.17) is 10.5 Å². The molecule has 1 saturated heterocycles. The first kappa shape index (κ1) is 9.41. The largest absolute Gasteiger partial charge is 0.378 e. The minimum Gasteiger partial charge on any atom is -0.378 e. The normalized spacial score (nSPS) is 16.9. The van der Waals surface area contributed by atoms with E-state index in [-0.39, 0.29) is 0 Å². The average molecular weight is 219 g/mol. The van der Waals surface area contributed by atoms with Gasteiger partial charge in [0.05, 0.1) is 13.2 Å². The fourth-order valence-electron chi connectivity index (χ4n) is 1.91. The fraction of sp³-hybridized carbons (Fsp3) is 0.400. The fourth-order valence-corrected chi connectivity index (χ4v) is 1.91. The first-order chi connectivity index (χ1) is 7.83. The summed E-state index contributed by atoms with van der Waals surface area (Å²) in [5, 5.41) is 4.04. The van der Waals surface area contributed by atoms with Crippen molar-refractivity contribution in [2.75, 3.05) is 36.9 Å². The second kappa shape index (κ2) is 3.64. The van der Waals surface area contributed by atoms with Crippen LogP contribution in [0.3, 0.4) is 0 Å². The van der Waals surface area contributed by atoms with Gasteiger partial charge in [0.2, 0.25) is 5.95 Å².